The predicted molar refractivity (Wildman–Crippen MR) is 138 cm³/mol. The van der Waals surface area contributed by atoms with Crippen LogP contribution >= 0.6 is 0 Å². The maximum absolute atomic E-state index is 13.3. The van der Waals surface area contributed by atoms with Gasteiger partial charge in [0.25, 0.3) is 0 Å². The highest BCUT2D eigenvalue weighted by Crippen LogP contribution is 2.34. The van der Waals surface area contributed by atoms with Crippen molar-refractivity contribution < 1.29 is 23.6 Å². The number of likely N-dealkylation sites (tertiary alicyclic amines) is 1. The van der Waals surface area contributed by atoms with E-state index in [0.717, 1.165) is 29.7 Å². The molecule has 2 aliphatic heterocycles. The van der Waals surface area contributed by atoms with Gasteiger partial charge in [0, 0.05) is 43.2 Å². The number of carbonyl (C=O) groups is 2. The molecule has 2 amide bonds. The van der Waals surface area contributed by atoms with Crippen LogP contribution in [0.5, 0.6) is 11.5 Å². The van der Waals surface area contributed by atoms with E-state index in [0.29, 0.717) is 42.8 Å². The summed E-state index contributed by atoms with van der Waals surface area (Å²) in [6.07, 6.45) is 1.73. The van der Waals surface area contributed by atoms with Crippen molar-refractivity contribution in [3.8, 4) is 22.9 Å². The number of anilines is 1. The summed E-state index contributed by atoms with van der Waals surface area (Å²) >= 11 is 0. The highest BCUT2D eigenvalue weighted by Gasteiger charge is 2.38. The maximum Gasteiger partial charge on any atom is 0.230 e. The van der Waals surface area contributed by atoms with E-state index >= 15 is 0 Å². The second-order valence-electron chi connectivity index (χ2n) is 9.80. The third-order valence-corrected chi connectivity index (χ3v) is 7.52. The van der Waals surface area contributed by atoms with E-state index in [1.807, 2.05) is 55.1 Å². The van der Waals surface area contributed by atoms with Gasteiger partial charge >= 0.3 is 0 Å². The molecule has 194 valence electrons. The molecule has 2 aromatic carbocycles. The van der Waals surface area contributed by atoms with Crippen LogP contribution in [0.3, 0.4) is 0 Å². The van der Waals surface area contributed by atoms with Crippen LogP contribution in [0.1, 0.15) is 42.2 Å². The number of aryl methyl sites for hydroxylation is 2. The number of hydrogen-bond acceptors (Lipinski definition) is 7. The van der Waals surface area contributed by atoms with Crippen LogP contribution in [0.25, 0.3) is 11.4 Å². The first-order chi connectivity index (χ1) is 17.9. The van der Waals surface area contributed by atoms with Crippen LogP contribution < -0.4 is 14.4 Å². The molecule has 5 rings (SSSR count). The number of piperidine rings is 1. The zero-order valence-electron chi connectivity index (χ0n) is 21.7. The van der Waals surface area contributed by atoms with Crippen LogP contribution in [-0.2, 0) is 9.59 Å². The van der Waals surface area contributed by atoms with Gasteiger partial charge < -0.3 is 23.8 Å². The van der Waals surface area contributed by atoms with Gasteiger partial charge in [0.15, 0.2) is 11.5 Å². The quantitative estimate of drug-likeness (QED) is 0.498. The molecule has 1 unspecified atom stereocenters. The van der Waals surface area contributed by atoms with Crippen molar-refractivity contribution in [1.82, 2.24) is 15.0 Å². The average molecular weight is 505 g/mol. The number of hydrogen-bond donors (Lipinski definition) is 0. The molecule has 2 saturated heterocycles. The predicted octanol–water partition coefficient (Wildman–Crippen LogP) is 4.13. The number of nitrogens with zero attached hydrogens (tertiary/aromatic N) is 4. The summed E-state index contributed by atoms with van der Waals surface area (Å²) in [5.41, 5.74) is 3.96. The summed E-state index contributed by atoms with van der Waals surface area (Å²) in [4.78, 5) is 34.2. The Balaban J connectivity index is 1.19. The zero-order chi connectivity index (χ0) is 26.1. The molecule has 1 aromatic heterocycles. The Kier molecular flexibility index (Phi) is 6.86. The Bertz CT molecular complexity index is 1310. The highest BCUT2D eigenvalue weighted by atomic mass is 16.5. The highest BCUT2D eigenvalue weighted by molar-refractivity contribution is 6.00. The molecule has 0 saturated carbocycles. The van der Waals surface area contributed by atoms with Crippen molar-refractivity contribution in [1.29, 1.82) is 0 Å². The maximum atomic E-state index is 13.3. The van der Waals surface area contributed by atoms with Gasteiger partial charge in [-0.15, -0.1) is 0 Å². The molecule has 37 heavy (non-hydrogen) atoms. The largest absolute Gasteiger partial charge is 0.493 e. The minimum atomic E-state index is -0.314. The molecule has 0 aliphatic carbocycles. The third-order valence-electron chi connectivity index (χ3n) is 7.52. The van der Waals surface area contributed by atoms with E-state index in [4.69, 9.17) is 14.0 Å². The molecular weight excluding hydrogens is 472 g/mol. The number of rotatable bonds is 6. The van der Waals surface area contributed by atoms with Crippen LogP contribution in [0.15, 0.2) is 40.9 Å². The Morgan fingerprint density at radius 2 is 1.76 bits per heavy atom. The minimum Gasteiger partial charge on any atom is -0.493 e. The zero-order valence-corrected chi connectivity index (χ0v) is 21.7. The van der Waals surface area contributed by atoms with Gasteiger partial charge in [-0.1, -0.05) is 11.2 Å². The fourth-order valence-corrected chi connectivity index (χ4v) is 5.11. The molecule has 1 atom stereocenters. The number of carbonyl (C=O) groups excluding carboxylic acids is 2. The number of amides is 2. The Morgan fingerprint density at radius 3 is 2.46 bits per heavy atom. The molecule has 2 aliphatic rings. The van der Waals surface area contributed by atoms with Crippen LogP contribution in [0.2, 0.25) is 0 Å². The number of ether oxygens (including phenoxy) is 2. The number of aromatic nitrogens is 2. The lowest BCUT2D eigenvalue weighted by molar-refractivity contribution is -0.136. The van der Waals surface area contributed by atoms with Gasteiger partial charge in [-0.2, -0.15) is 4.98 Å². The second kappa shape index (κ2) is 10.2. The van der Waals surface area contributed by atoms with Gasteiger partial charge in [0.05, 0.1) is 20.1 Å². The Morgan fingerprint density at radius 1 is 1.00 bits per heavy atom. The number of benzene rings is 2. The average Bonchev–Trinajstić information content (AvgIpc) is 3.57. The molecule has 3 aromatic rings. The summed E-state index contributed by atoms with van der Waals surface area (Å²) in [5.74, 6) is 2.13. The van der Waals surface area contributed by atoms with E-state index in [9.17, 15) is 9.59 Å². The lowest BCUT2D eigenvalue weighted by atomic mass is 9.95. The molecule has 0 N–H and O–H groups in total. The molecule has 0 spiro atoms. The van der Waals surface area contributed by atoms with Crippen molar-refractivity contribution in [3.05, 3.63) is 53.4 Å². The first kappa shape index (κ1) is 24.8. The topological polar surface area (TPSA) is 98.0 Å². The molecule has 9 heteroatoms. The first-order valence-corrected chi connectivity index (χ1v) is 12.6. The second-order valence-corrected chi connectivity index (χ2v) is 9.80. The van der Waals surface area contributed by atoms with Crippen LogP contribution in [0, 0.1) is 19.8 Å². The van der Waals surface area contributed by atoms with Gasteiger partial charge in [0.2, 0.25) is 23.5 Å². The summed E-state index contributed by atoms with van der Waals surface area (Å²) in [7, 11) is 3.17. The lowest BCUT2D eigenvalue weighted by Gasteiger charge is -2.32. The SMILES string of the molecule is COc1ccc(-c2noc(C3CCN(C(=O)C4CC(=O)N(c5ccc(C)c(C)c5)C4)CC3)n2)cc1OC. The van der Waals surface area contributed by atoms with E-state index < -0.39 is 0 Å². The molecule has 0 bridgehead atoms. The molecular formula is C28H32N4O5. The summed E-state index contributed by atoms with van der Waals surface area (Å²) in [6, 6.07) is 11.5. The summed E-state index contributed by atoms with van der Waals surface area (Å²) in [6.45, 7) is 5.72. The van der Waals surface area contributed by atoms with Crippen molar-refractivity contribution in [2.75, 3.05) is 38.8 Å². The number of methoxy groups -OCH3 is 2. The van der Waals surface area contributed by atoms with E-state index in [2.05, 4.69) is 10.1 Å². The Labute approximate surface area is 216 Å². The fraction of sp³-hybridized carbons (Fsp3) is 0.429. The van der Waals surface area contributed by atoms with Crippen molar-refractivity contribution in [2.24, 2.45) is 5.92 Å². The summed E-state index contributed by atoms with van der Waals surface area (Å²) < 4.78 is 16.3. The van der Waals surface area contributed by atoms with E-state index in [-0.39, 0.29) is 30.1 Å². The minimum absolute atomic E-state index is 0.00467. The van der Waals surface area contributed by atoms with Crippen LogP contribution in [0.4, 0.5) is 5.69 Å². The molecule has 9 nitrogen and oxygen atoms in total. The standard InChI is InChI=1S/C28H32N4O5/c1-17-5-7-22(13-18(17)2)32-16-21(15-25(32)33)28(34)31-11-9-19(10-12-31)27-29-26(30-37-27)20-6-8-23(35-3)24(14-20)36-4/h5-8,13-14,19,21H,9-12,15-16H2,1-4H3. The summed E-state index contributed by atoms with van der Waals surface area (Å²) in [5, 5.41) is 4.16. The molecule has 2 fully saturated rings. The smallest absolute Gasteiger partial charge is 0.230 e. The van der Waals surface area contributed by atoms with Crippen molar-refractivity contribution in [2.45, 2.75) is 39.0 Å². The monoisotopic (exact) mass is 504 g/mol. The first-order valence-electron chi connectivity index (χ1n) is 12.6. The van der Waals surface area contributed by atoms with Gasteiger partial charge in [-0.3, -0.25) is 9.59 Å². The van der Waals surface area contributed by atoms with Crippen molar-refractivity contribution in [3.63, 3.8) is 0 Å². The fourth-order valence-electron chi connectivity index (χ4n) is 5.11. The Hall–Kier alpha value is -3.88. The third kappa shape index (κ3) is 4.90. The molecule has 0 radical (unpaired) electrons. The van der Waals surface area contributed by atoms with Crippen LogP contribution in [-0.4, -0.2) is 60.7 Å². The van der Waals surface area contributed by atoms with Gasteiger partial charge in [-0.25, -0.2) is 0 Å². The lowest BCUT2D eigenvalue weighted by Crippen LogP contribution is -2.42. The van der Waals surface area contributed by atoms with E-state index in [1.165, 1.54) is 5.56 Å². The van der Waals surface area contributed by atoms with E-state index in [1.54, 1.807) is 19.1 Å². The van der Waals surface area contributed by atoms with Gasteiger partial charge in [-0.05, 0) is 68.1 Å². The van der Waals surface area contributed by atoms with Crippen molar-refractivity contribution >= 4 is 17.5 Å². The normalized spacial score (nSPS) is 18.4. The molecule has 3 heterocycles. The van der Waals surface area contributed by atoms with Gasteiger partial charge in [0.1, 0.15) is 0 Å².